The first-order valence-electron chi connectivity index (χ1n) is 6.29. The van der Waals surface area contributed by atoms with Gasteiger partial charge in [-0.3, -0.25) is 4.79 Å². The molecule has 0 aliphatic carbocycles. The van der Waals surface area contributed by atoms with Gasteiger partial charge in [-0.15, -0.1) is 0 Å². The van der Waals surface area contributed by atoms with Gasteiger partial charge in [-0.05, 0) is 37.1 Å². The number of nitriles is 1. The van der Waals surface area contributed by atoms with Crippen LogP contribution in [0, 0.1) is 25.2 Å². The molecule has 0 radical (unpaired) electrons. The van der Waals surface area contributed by atoms with Crippen molar-refractivity contribution < 1.29 is 9.53 Å². The maximum absolute atomic E-state index is 11.7. The van der Waals surface area contributed by atoms with E-state index >= 15 is 0 Å². The first kappa shape index (κ1) is 15.7. The maximum atomic E-state index is 11.7. The summed E-state index contributed by atoms with van der Waals surface area (Å²) < 4.78 is 4.83. The van der Waals surface area contributed by atoms with Gasteiger partial charge in [0.25, 0.3) is 5.91 Å². The Labute approximate surface area is 119 Å². The zero-order valence-corrected chi connectivity index (χ0v) is 12.0. The maximum Gasteiger partial charge on any atom is 0.263 e. The Hall–Kier alpha value is -2.32. The minimum absolute atomic E-state index is 0.0272. The minimum Gasteiger partial charge on any atom is -0.383 e. The van der Waals surface area contributed by atoms with Crippen LogP contribution in [0.1, 0.15) is 11.1 Å². The van der Waals surface area contributed by atoms with Crippen LogP contribution in [-0.4, -0.2) is 26.2 Å². The van der Waals surface area contributed by atoms with Gasteiger partial charge in [0.15, 0.2) is 0 Å². The number of benzene rings is 1. The Bertz CT molecular complexity index is 545. The smallest absolute Gasteiger partial charge is 0.263 e. The summed E-state index contributed by atoms with van der Waals surface area (Å²) in [6.07, 6.45) is 1.41. The molecule has 0 aliphatic rings. The van der Waals surface area contributed by atoms with E-state index in [1.54, 1.807) is 7.11 Å². The number of aryl methyl sites for hydroxylation is 2. The molecule has 0 saturated carbocycles. The Balaban J connectivity index is 2.67. The van der Waals surface area contributed by atoms with E-state index in [0.29, 0.717) is 13.2 Å². The molecule has 0 fully saturated rings. The molecule has 20 heavy (non-hydrogen) atoms. The second-order valence-electron chi connectivity index (χ2n) is 4.36. The number of anilines is 1. The molecule has 0 atom stereocenters. The summed E-state index contributed by atoms with van der Waals surface area (Å²) in [7, 11) is 1.55. The van der Waals surface area contributed by atoms with E-state index in [1.807, 2.05) is 38.1 Å². The molecule has 1 rings (SSSR count). The molecule has 2 N–H and O–H groups in total. The molecular weight excluding hydrogens is 254 g/mol. The number of amides is 1. The van der Waals surface area contributed by atoms with Crippen molar-refractivity contribution in [3.8, 4) is 6.07 Å². The molecule has 0 aromatic heterocycles. The number of nitrogens with one attached hydrogen (secondary N) is 2. The average molecular weight is 273 g/mol. The van der Waals surface area contributed by atoms with Gasteiger partial charge in [0.05, 0.1) is 6.61 Å². The number of carbonyl (C=O) groups excluding carboxylic acids is 1. The lowest BCUT2D eigenvalue weighted by Crippen LogP contribution is -2.28. The van der Waals surface area contributed by atoms with E-state index in [2.05, 4.69) is 10.6 Å². The van der Waals surface area contributed by atoms with E-state index in [-0.39, 0.29) is 5.57 Å². The van der Waals surface area contributed by atoms with Gasteiger partial charge in [0.2, 0.25) is 0 Å². The van der Waals surface area contributed by atoms with E-state index in [0.717, 1.165) is 11.3 Å². The van der Waals surface area contributed by atoms with Crippen molar-refractivity contribution in [1.82, 2.24) is 5.32 Å². The van der Waals surface area contributed by atoms with Gasteiger partial charge in [-0.2, -0.15) is 5.26 Å². The van der Waals surface area contributed by atoms with Crippen LogP contribution in [0.3, 0.4) is 0 Å². The molecule has 0 unspecified atom stereocenters. The molecule has 0 aliphatic heterocycles. The molecule has 1 aromatic carbocycles. The molecule has 0 saturated heterocycles. The average Bonchev–Trinajstić information content (AvgIpc) is 2.43. The van der Waals surface area contributed by atoms with Crippen LogP contribution in [0.5, 0.6) is 0 Å². The van der Waals surface area contributed by atoms with Crippen LogP contribution in [0.2, 0.25) is 0 Å². The van der Waals surface area contributed by atoms with Gasteiger partial charge >= 0.3 is 0 Å². The second kappa shape index (κ2) is 7.97. The SMILES string of the molecule is COCCNC(=O)/C(C#N)=C\Nc1ccc(C)c(C)c1. The largest absolute Gasteiger partial charge is 0.383 e. The molecular formula is C15H19N3O2. The van der Waals surface area contributed by atoms with Gasteiger partial charge in [-0.25, -0.2) is 0 Å². The van der Waals surface area contributed by atoms with E-state index in [9.17, 15) is 4.79 Å². The fourth-order valence-electron chi connectivity index (χ4n) is 1.50. The van der Waals surface area contributed by atoms with Crippen molar-refractivity contribution in [3.63, 3.8) is 0 Å². The molecule has 0 bridgehead atoms. The number of ether oxygens (including phenoxy) is 1. The Morgan fingerprint density at radius 3 is 2.75 bits per heavy atom. The standard InChI is InChI=1S/C15H19N3O2/c1-11-4-5-14(8-12(11)2)18-10-13(9-16)15(19)17-6-7-20-3/h4-5,8,10,18H,6-7H2,1-3H3,(H,17,19)/b13-10-. The number of rotatable bonds is 6. The molecule has 1 amide bonds. The normalized spacial score (nSPS) is 10.8. The van der Waals surface area contributed by atoms with Gasteiger partial charge in [0, 0.05) is 25.5 Å². The minimum atomic E-state index is -0.416. The van der Waals surface area contributed by atoms with Crippen molar-refractivity contribution in [2.75, 3.05) is 25.6 Å². The monoisotopic (exact) mass is 273 g/mol. The molecule has 5 heteroatoms. The third kappa shape index (κ3) is 4.75. The highest BCUT2D eigenvalue weighted by Crippen LogP contribution is 2.14. The molecule has 106 valence electrons. The predicted octanol–water partition coefficient (Wildman–Crippen LogP) is 1.89. The van der Waals surface area contributed by atoms with Crippen molar-refractivity contribution in [2.45, 2.75) is 13.8 Å². The Morgan fingerprint density at radius 1 is 1.40 bits per heavy atom. The van der Waals surface area contributed by atoms with Gasteiger partial charge < -0.3 is 15.4 Å². The lowest BCUT2D eigenvalue weighted by molar-refractivity contribution is -0.117. The highest BCUT2D eigenvalue weighted by molar-refractivity contribution is 5.97. The summed E-state index contributed by atoms with van der Waals surface area (Å²) in [5.41, 5.74) is 3.20. The number of methoxy groups -OCH3 is 1. The lowest BCUT2D eigenvalue weighted by atomic mass is 10.1. The highest BCUT2D eigenvalue weighted by Gasteiger charge is 2.07. The quantitative estimate of drug-likeness (QED) is 0.471. The Kier molecular flexibility index (Phi) is 6.27. The van der Waals surface area contributed by atoms with E-state index < -0.39 is 5.91 Å². The summed E-state index contributed by atoms with van der Waals surface area (Å²) in [6, 6.07) is 7.71. The van der Waals surface area contributed by atoms with Crippen molar-refractivity contribution in [3.05, 3.63) is 41.1 Å². The zero-order valence-electron chi connectivity index (χ0n) is 12.0. The summed E-state index contributed by atoms with van der Waals surface area (Å²) in [5.74, 6) is -0.416. The fraction of sp³-hybridized carbons (Fsp3) is 0.333. The molecule has 5 nitrogen and oxygen atoms in total. The summed E-state index contributed by atoms with van der Waals surface area (Å²) in [6.45, 7) is 4.82. The number of carbonyl (C=O) groups is 1. The summed E-state index contributed by atoms with van der Waals surface area (Å²) >= 11 is 0. The van der Waals surface area contributed by atoms with Crippen LogP contribution < -0.4 is 10.6 Å². The van der Waals surface area contributed by atoms with Crippen molar-refractivity contribution >= 4 is 11.6 Å². The van der Waals surface area contributed by atoms with E-state index in [1.165, 1.54) is 11.8 Å². The van der Waals surface area contributed by atoms with Crippen LogP contribution in [0.15, 0.2) is 30.0 Å². The number of nitrogens with zero attached hydrogens (tertiary/aromatic N) is 1. The van der Waals surface area contributed by atoms with Crippen molar-refractivity contribution in [1.29, 1.82) is 5.26 Å². The first-order valence-corrected chi connectivity index (χ1v) is 6.29. The second-order valence-corrected chi connectivity index (χ2v) is 4.36. The van der Waals surface area contributed by atoms with Crippen LogP contribution >= 0.6 is 0 Å². The zero-order chi connectivity index (χ0) is 15.0. The predicted molar refractivity (Wildman–Crippen MR) is 78.1 cm³/mol. The number of hydrogen-bond acceptors (Lipinski definition) is 4. The first-order chi connectivity index (χ1) is 9.58. The number of hydrogen-bond donors (Lipinski definition) is 2. The van der Waals surface area contributed by atoms with Crippen molar-refractivity contribution in [2.24, 2.45) is 0 Å². The Morgan fingerprint density at radius 2 is 2.15 bits per heavy atom. The summed E-state index contributed by atoms with van der Waals surface area (Å²) in [5, 5.41) is 14.5. The van der Waals surface area contributed by atoms with Crippen LogP contribution in [0.4, 0.5) is 5.69 Å². The third-order valence-corrected chi connectivity index (χ3v) is 2.85. The third-order valence-electron chi connectivity index (χ3n) is 2.85. The molecule has 0 heterocycles. The summed E-state index contributed by atoms with van der Waals surface area (Å²) in [4.78, 5) is 11.7. The highest BCUT2D eigenvalue weighted by atomic mass is 16.5. The van der Waals surface area contributed by atoms with Gasteiger partial charge in [0.1, 0.15) is 11.6 Å². The van der Waals surface area contributed by atoms with Crippen LogP contribution in [0.25, 0.3) is 0 Å². The van der Waals surface area contributed by atoms with Crippen LogP contribution in [-0.2, 0) is 9.53 Å². The molecule has 0 spiro atoms. The fourth-order valence-corrected chi connectivity index (χ4v) is 1.50. The molecule has 1 aromatic rings. The van der Waals surface area contributed by atoms with E-state index in [4.69, 9.17) is 10.00 Å². The topological polar surface area (TPSA) is 74.1 Å². The van der Waals surface area contributed by atoms with Gasteiger partial charge in [-0.1, -0.05) is 6.07 Å². The lowest BCUT2D eigenvalue weighted by Gasteiger charge is -2.06.